The van der Waals surface area contributed by atoms with E-state index < -0.39 is 11.8 Å². The molecule has 0 saturated heterocycles. The number of rotatable bonds is 6. The van der Waals surface area contributed by atoms with Crippen LogP contribution in [0.15, 0.2) is 34.9 Å². The Kier molecular flexibility index (Phi) is 5.13. The maximum absolute atomic E-state index is 11.9. The van der Waals surface area contributed by atoms with Gasteiger partial charge in [0.25, 0.3) is 0 Å². The Morgan fingerprint density at radius 1 is 1.23 bits per heavy atom. The third-order valence-electron chi connectivity index (χ3n) is 2.68. The maximum Gasteiger partial charge on any atom is 0.235 e. The van der Waals surface area contributed by atoms with Crippen molar-refractivity contribution in [3.8, 4) is 5.75 Å². The van der Waals surface area contributed by atoms with Crippen molar-refractivity contribution in [2.75, 3.05) is 17.2 Å². The molecule has 2 aromatic rings. The van der Waals surface area contributed by atoms with E-state index in [1.165, 1.54) is 0 Å². The van der Waals surface area contributed by atoms with Gasteiger partial charge in [0.2, 0.25) is 11.8 Å². The van der Waals surface area contributed by atoms with Crippen molar-refractivity contribution in [3.05, 3.63) is 36.1 Å². The molecule has 0 aliphatic heterocycles. The topological polar surface area (TPSA) is 93.5 Å². The largest absolute Gasteiger partial charge is 0.492 e. The summed E-state index contributed by atoms with van der Waals surface area (Å²) in [7, 11) is 0. The summed E-state index contributed by atoms with van der Waals surface area (Å²) in [6.45, 7) is 4.05. The average molecular weight is 303 g/mol. The maximum atomic E-state index is 11.9. The van der Waals surface area contributed by atoms with Gasteiger partial charge in [-0.15, -0.1) is 0 Å². The van der Waals surface area contributed by atoms with Gasteiger partial charge in [-0.25, -0.2) is 0 Å². The number of anilines is 2. The molecule has 0 aliphatic carbocycles. The molecule has 0 spiro atoms. The van der Waals surface area contributed by atoms with Gasteiger partial charge in [-0.2, -0.15) is 0 Å². The van der Waals surface area contributed by atoms with Crippen LogP contribution in [0, 0.1) is 6.92 Å². The summed E-state index contributed by atoms with van der Waals surface area (Å²) in [5.41, 5.74) is 0.527. The van der Waals surface area contributed by atoms with Crippen molar-refractivity contribution >= 4 is 23.3 Å². The number of carbonyl (C=O) groups is 2. The van der Waals surface area contributed by atoms with Crippen LogP contribution in [0.3, 0.4) is 0 Å². The second kappa shape index (κ2) is 7.26. The van der Waals surface area contributed by atoms with E-state index in [9.17, 15) is 9.59 Å². The Bertz CT molecular complexity index is 666. The van der Waals surface area contributed by atoms with Gasteiger partial charge in [-0.3, -0.25) is 9.59 Å². The van der Waals surface area contributed by atoms with Gasteiger partial charge in [0, 0.05) is 6.07 Å². The summed E-state index contributed by atoms with van der Waals surface area (Å²) in [6, 6.07) is 8.61. The smallest absolute Gasteiger partial charge is 0.235 e. The van der Waals surface area contributed by atoms with Gasteiger partial charge in [0.05, 0.1) is 12.3 Å². The summed E-state index contributed by atoms with van der Waals surface area (Å²) in [5, 5.41) is 8.76. The number of nitrogens with one attached hydrogen (secondary N) is 2. The standard InChI is InChI=1S/C15H17N3O4/c1-3-21-12-7-5-4-6-11(12)16-14(19)9-15(20)17-13-8-10(2)22-18-13/h4-8H,3,9H2,1-2H3,(H,16,19)(H,17,18,20). The quantitative estimate of drug-likeness (QED) is 0.799. The van der Waals surface area contributed by atoms with Crippen LogP contribution in [-0.2, 0) is 9.59 Å². The van der Waals surface area contributed by atoms with E-state index in [1.807, 2.05) is 6.92 Å². The highest BCUT2D eigenvalue weighted by Gasteiger charge is 2.13. The number of nitrogens with zero attached hydrogens (tertiary/aromatic N) is 1. The molecule has 0 saturated carbocycles. The van der Waals surface area contributed by atoms with E-state index in [-0.39, 0.29) is 12.2 Å². The molecule has 0 radical (unpaired) electrons. The van der Waals surface area contributed by atoms with E-state index in [4.69, 9.17) is 9.26 Å². The first-order chi connectivity index (χ1) is 10.6. The molecule has 0 unspecified atom stereocenters. The third-order valence-corrected chi connectivity index (χ3v) is 2.68. The summed E-state index contributed by atoms with van der Waals surface area (Å²) in [5.74, 6) is 0.505. The number of hydrogen-bond donors (Lipinski definition) is 2. The summed E-state index contributed by atoms with van der Waals surface area (Å²) in [6.07, 6.45) is -0.327. The highest BCUT2D eigenvalue weighted by Crippen LogP contribution is 2.23. The fourth-order valence-corrected chi connectivity index (χ4v) is 1.80. The second-order valence-corrected chi connectivity index (χ2v) is 4.53. The molecule has 2 rings (SSSR count). The van der Waals surface area contributed by atoms with Crippen molar-refractivity contribution in [3.63, 3.8) is 0 Å². The second-order valence-electron chi connectivity index (χ2n) is 4.53. The molecule has 1 aromatic heterocycles. The first-order valence-electron chi connectivity index (χ1n) is 6.83. The lowest BCUT2D eigenvalue weighted by atomic mass is 10.2. The lowest BCUT2D eigenvalue weighted by Gasteiger charge is -2.10. The number of benzene rings is 1. The highest BCUT2D eigenvalue weighted by molar-refractivity contribution is 6.08. The van der Waals surface area contributed by atoms with E-state index in [1.54, 1.807) is 37.3 Å². The molecular weight excluding hydrogens is 286 g/mol. The van der Waals surface area contributed by atoms with E-state index in [0.717, 1.165) is 0 Å². The fourth-order valence-electron chi connectivity index (χ4n) is 1.80. The number of para-hydroxylation sites is 2. The van der Waals surface area contributed by atoms with Crippen LogP contribution in [-0.4, -0.2) is 23.6 Å². The molecule has 1 aromatic carbocycles. The van der Waals surface area contributed by atoms with Gasteiger partial charge in [0.1, 0.15) is 17.9 Å². The van der Waals surface area contributed by atoms with E-state index in [0.29, 0.717) is 23.8 Å². The van der Waals surface area contributed by atoms with Crippen molar-refractivity contribution in [2.24, 2.45) is 0 Å². The summed E-state index contributed by atoms with van der Waals surface area (Å²) < 4.78 is 10.2. The molecule has 1 heterocycles. The Morgan fingerprint density at radius 3 is 2.64 bits per heavy atom. The molecular formula is C15H17N3O4. The minimum absolute atomic E-state index is 0.282. The molecule has 7 heteroatoms. The van der Waals surface area contributed by atoms with Crippen molar-refractivity contribution < 1.29 is 18.8 Å². The van der Waals surface area contributed by atoms with Crippen LogP contribution in [0.4, 0.5) is 11.5 Å². The Hall–Kier alpha value is -2.83. The van der Waals surface area contributed by atoms with Crippen molar-refractivity contribution in [1.82, 2.24) is 5.16 Å². The Morgan fingerprint density at radius 2 is 1.95 bits per heavy atom. The number of carbonyl (C=O) groups excluding carboxylic acids is 2. The Balaban J connectivity index is 1.91. The number of amides is 2. The van der Waals surface area contributed by atoms with Gasteiger partial charge in [-0.1, -0.05) is 17.3 Å². The van der Waals surface area contributed by atoms with Gasteiger partial charge in [-0.05, 0) is 26.0 Å². The predicted octanol–water partition coefficient (Wildman–Crippen LogP) is 2.35. The zero-order chi connectivity index (χ0) is 15.9. The molecule has 116 valence electrons. The lowest BCUT2D eigenvalue weighted by Crippen LogP contribution is -2.21. The normalized spacial score (nSPS) is 10.1. The van der Waals surface area contributed by atoms with Crippen molar-refractivity contribution in [2.45, 2.75) is 20.3 Å². The van der Waals surface area contributed by atoms with Crippen LogP contribution in [0.2, 0.25) is 0 Å². The summed E-state index contributed by atoms with van der Waals surface area (Å²) >= 11 is 0. The first-order valence-corrected chi connectivity index (χ1v) is 6.83. The van der Waals surface area contributed by atoms with E-state index in [2.05, 4.69) is 15.8 Å². The van der Waals surface area contributed by atoms with Gasteiger partial charge in [0.15, 0.2) is 5.82 Å². The first kappa shape index (κ1) is 15.6. The lowest BCUT2D eigenvalue weighted by molar-refractivity contribution is -0.123. The minimum atomic E-state index is -0.473. The molecule has 22 heavy (non-hydrogen) atoms. The third kappa shape index (κ3) is 4.34. The Labute approximate surface area is 127 Å². The van der Waals surface area contributed by atoms with Crippen LogP contribution in [0.5, 0.6) is 5.75 Å². The van der Waals surface area contributed by atoms with Gasteiger partial charge < -0.3 is 19.9 Å². The predicted molar refractivity (Wildman–Crippen MR) is 80.7 cm³/mol. The average Bonchev–Trinajstić information content (AvgIpc) is 2.86. The molecule has 0 atom stereocenters. The molecule has 2 N–H and O–H groups in total. The molecule has 2 amide bonds. The SMILES string of the molecule is CCOc1ccccc1NC(=O)CC(=O)Nc1cc(C)on1. The zero-order valence-electron chi connectivity index (χ0n) is 12.4. The molecule has 7 nitrogen and oxygen atoms in total. The molecule has 0 bridgehead atoms. The van der Waals surface area contributed by atoms with Crippen LogP contribution >= 0.6 is 0 Å². The summed E-state index contributed by atoms with van der Waals surface area (Å²) in [4.78, 5) is 23.7. The number of aryl methyl sites for hydroxylation is 1. The zero-order valence-corrected chi connectivity index (χ0v) is 12.4. The van der Waals surface area contributed by atoms with Crippen LogP contribution < -0.4 is 15.4 Å². The monoisotopic (exact) mass is 303 g/mol. The number of aromatic nitrogens is 1. The molecule has 0 fully saturated rings. The van der Waals surface area contributed by atoms with E-state index >= 15 is 0 Å². The van der Waals surface area contributed by atoms with Crippen LogP contribution in [0.25, 0.3) is 0 Å². The van der Waals surface area contributed by atoms with Crippen molar-refractivity contribution in [1.29, 1.82) is 0 Å². The minimum Gasteiger partial charge on any atom is -0.492 e. The molecule has 0 aliphatic rings. The fraction of sp³-hybridized carbons (Fsp3) is 0.267. The van der Waals surface area contributed by atoms with Gasteiger partial charge >= 0.3 is 0 Å². The highest BCUT2D eigenvalue weighted by atomic mass is 16.5. The van der Waals surface area contributed by atoms with Crippen LogP contribution in [0.1, 0.15) is 19.1 Å². The number of hydrogen-bond acceptors (Lipinski definition) is 5. The number of ether oxygens (including phenoxy) is 1.